The Kier molecular flexibility index (Phi) is 4.92. The third-order valence-electron chi connectivity index (χ3n) is 3.18. The molecule has 0 saturated carbocycles. The van der Waals surface area contributed by atoms with Crippen LogP contribution in [0.25, 0.3) is 0 Å². The summed E-state index contributed by atoms with van der Waals surface area (Å²) in [6.45, 7) is 2.06. The van der Waals surface area contributed by atoms with Crippen LogP contribution in [0.3, 0.4) is 0 Å². The van der Waals surface area contributed by atoms with Gasteiger partial charge < -0.3 is 15.4 Å². The molecule has 0 atom stereocenters. The number of hydrogen-bond acceptors (Lipinski definition) is 2. The maximum atomic E-state index is 12.7. The number of rotatable bonds is 3. The molecule has 5 nitrogen and oxygen atoms in total. The van der Waals surface area contributed by atoms with Gasteiger partial charge in [0.05, 0.1) is 6.61 Å². The molecule has 1 saturated heterocycles. The van der Waals surface area contributed by atoms with Gasteiger partial charge in [-0.3, -0.25) is 5.41 Å². The Labute approximate surface area is 117 Å². The summed E-state index contributed by atoms with van der Waals surface area (Å²) in [7, 11) is 0. The Morgan fingerprint density at radius 2 is 1.95 bits per heavy atom. The number of halogens is 1. The molecule has 0 amide bonds. The number of likely N-dealkylation sites (tertiary alicyclic amines) is 1. The third kappa shape index (κ3) is 4.22. The minimum absolute atomic E-state index is 0.00371. The second-order valence-electron chi connectivity index (χ2n) is 4.69. The van der Waals surface area contributed by atoms with E-state index in [-0.39, 0.29) is 17.8 Å². The summed E-state index contributed by atoms with van der Waals surface area (Å²) in [5.41, 5.74) is 6.60. The summed E-state index contributed by atoms with van der Waals surface area (Å²) in [5, 5.41) is 7.78. The molecule has 0 spiro atoms. The van der Waals surface area contributed by atoms with E-state index in [4.69, 9.17) is 15.9 Å². The molecule has 2 rings (SSSR count). The standard InChI is InChI=1S/C14H19FN4O/c15-12-5-3-11(4-6-12)7-10-20-14(17)18-13(16)19-8-1-2-9-19/h3-6H,1-2,7-10H2,(H3,16,17,18). The molecule has 20 heavy (non-hydrogen) atoms. The number of nitrogens with two attached hydrogens (primary N) is 1. The lowest BCUT2D eigenvalue weighted by Gasteiger charge is -2.14. The maximum absolute atomic E-state index is 12.7. The van der Waals surface area contributed by atoms with E-state index in [1.807, 2.05) is 4.90 Å². The molecule has 1 aromatic rings. The lowest BCUT2D eigenvalue weighted by Crippen LogP contribution is -2.29. The number of amidine groups is 1. The van der Waals surface area contributed by atoms with Gasteiger partial charge in [-0.1, -0.05) is 12.1 Å². The first-order chi connectivity index (χ1) is 9.65. The Morgan fingerprint density at radius 3 is 2.60 bits per heavy atom. The minimum atomic E-state index is -0.255. The molecule has 1 aliphatic rings. The zero-order valence-electron chi connectivity index (χ0n) is 11.3. The van der Waals surface area contributed by atoms with Crippen LogP contribution >= 0.6 is 0 Å². The van der Waals surface area contributed by atoms with E-state index in [1.54, 1.807) is 12.1 Å². The van der Waals surface area contributed by atoms with Crippen molar-refractivity contribution >= 4 is 12.0 Å². The molecule has 1 heterocycles. The highest BCUT2D eigenvalue weighted by atomic mass is 19.1. The second-order valence-corrected chi connectivity index (χ2v) is 4.69. The molecule has 108 valence electrons. The van der Waals surface area contributed by atoms with E-state index in [9.17, 15) is 4.39 Å². The van der Waals surface area contributed by atoms with Crippen LogP contribution in [0.15, 0.2) is 29.3 Å². The summed E-state index contributed by atoms with van der Waals surface area (Å²) in [6.07, 6.45) is 2.79. The van der Waals surface area contributed by atoms with Gasteiger partial charge in [-0.15, -0.1) is 0 Å². The largest absolute Gasteiger partial charge is 0.465 e. The van der Waals surface area contributed by atoms with Gasteiger partial charge in [-0.25, -0.2) is 4.39 Å². The zero-order chi connectivity index (χ0) is 14.4. The Balaban J connectivity index is 1.75. The number of aliphatic imine (C=N–C) groups is 1. The first kappa shape index (κ1) is 14.3. The van der Waals surface area contributed by atoms with Crippen molar-refractivity contribution in [3.05, 3.63) is 35.6 Å². The Morgan fingerprint density at radius 1 is 1.30 bits per heavy atom. The normalized spacial score (nSPS) is 15.4. The van der Waals surface area contributed by atoms with Crippen LogP contribution in [-0.2, 0) is 11.2 Å². The molecule has 0 radical (unpaired) electrons. The van der Waals surface area contributed by atoms with E-state index >= 15 is 0 Å². The van der Waals surface area contributed by atoms with Gasteiger partial charge in [0.2, 0.25) is 5.96 Å². The molecular formula is C14H19FN4O. The topological polar surface area (TPSA) is 74.7 Å². The summed E-state index contributed by atoms with van der Waals surface area (Å²) < 4.78 is 18.0. The molecule has 0 aromatic heterocycles. The minimum Gasteiger partial charge on any atom is -0.465 e. The van der Waals surface area contributed by atoms with Crippen molar-refractivity contribution in [1.82, 2.24) is 4.90 Å². The average Bonchev–Trinajstić information content (AvgIpc) is 2.95. The van der Waals surface area contributed by atoms with Crippen LogP contribution in [0.4, 0.5) is 4.39 Å². The lowest BCUT2D eigenvalue weighted by atomic mass is 10.2. The van der Waals surface area contributed by atoms with Gasteiger partial charge in [0.25, 0.3) is 6.02 Å². The van der Waals surface area contributed by atoms with Gasteiger partial charge in [-0.05, 0) is 30.5 Å². The number of hydrogen-bond donors (Lipinski definition) is 2. The molecule has 1 aromatic carbocycles. The van der Waals surface area contributed by atoms with Crippen molar-refractivity contribution in [2.24, 2.45) is 10.7 Å². The Hall–Kier alpha value is -2.11. The van der Waals surface area contributed by atoms with Crippen molar-refractivity contribution in [2.75, 3.05) is 19.7 Å². The smallest absolute Gasteiger partial charge is 0.289 e. The monoisotopic (exact) mass is 278 g/mol. The summed E-state index contributed by atoms with van der Waals surface area (Å²) in [5.74, 6) is -0.100. The fourth-order valence-electron chi connectivity index (χ4n) is 2.06. The van der Waals surface area contributed by atoms with Crippen LogP contribution in [-0.4, -0.2) is 36.6 Å². The highest BCUT2D eigenvalue weighted by Gasteiger charge is 2.14. The fourth-order valence-corrected chi connectivity index (χ4v) is 2.06. The third-order valence-corrected chi connectivity index (χ3v) is 3.18. The van der Waals surface area contributed by atoms with Gasteiger partial charge in [0.1, 0.15) is 5.82 Å². The number of benzene rings is 1. The van der Waals surface area contributed by atoms with E-state index in [2.05, 4.69) is 4.99 Å². The predicted octanol–water partition coefficient (Wildman–Crippen LogP) is 1.73. The van der Waals surface area contributed by atoms with E-state index in [1.165, 1.54) is 12.1 Å². The highest BCUT2D eigenvalue weighted by molar-refractivity contribution is 5.90. The number of nitrogens with zero attached hydrogens (tertiary/aromatic N) is 2. The van der Waals surface area contributed by atoms with E-state index < -0.39 is 0 Å². The predicted molar refractivity (Wildman–Crippen MR) is 76.2 cm³/mol. The molecule has 0 bridgehead atoms. The number of guanidine groups is 1. The van der Waals surface area contributed by atoms with Crippen LogP contribution in [0.2, 0.25) is 0 Å². The summed E-state index contributed by atoms with van der Waals surface area (Å²) in [6, 6.07) is 6.24. The second kappa shape index (κ2) is 6.88. The average molecular weight is 278 g/mol. The first-order valence-electron chi connectivity index (χ1n) is 6.70. The van der Waals surface area contributed by atoms with Crippen LogP contribution in [0.1, 0.15) is 18.4 Å². The molecule has 6 heteroatoms. The van der Waals surface area contributed by atoms with Crippen molar-refractivity contribution in [1.29, 1.82) is 5.41 Å². The SMILES string of the molecule is N=C(N=C(N)OCCc1ccc(F)cc1)N1CCCC1. The quantitative estimate of drug-likeness (QED) is 0.653. The van der Waals surface area contributed by atoms with Gasteiger partial charge in [0.15, 0.2) is 0 Å². The zero-order valence-corrected chi connectivity index (χ0v) is 11.3. The van der Waals surface area contributed by atoms with Crippen molar-refractivity contribution < 1.29 is 9.13 Å². The van der Waals surface area contributed by atoms with Crippen molar-refractivity contribution in [3.8, 4) is 0 Å². The van der Waals surface area contributed by atoms with E-state index in [0.29, 0.717) is 13.0 Å². The van der Waals surface area contributed by atoms with Gasteiger partial charge >= 0.3 is 0 Å². The van der Waals surface area contributed by atoms with Crippen LogP contribution < -0.4 is 5.73 Å². The molecule has 1 fully saturated rings. The highest BCUT2D eigenvalue weighted by Crippen LogP contribution is 2.08. The number of nitrogens with one attached hydrogen (secondary N) is 1. The molecule has 0 unspecified atom stereocenters. The summed E-state index contributed by atoms with van der Waals surface area (Å²) >= 11 is 0. The first-order valence-corrected chi connectivity index (χ1v) is 6.70. The maximum Gasteiger partial charge on any atom is 0.289 e. The number of ether oxygens (including phenoxy) is 1. The van der Waals surface area contributed by atoms with Gasteiger partial charge in [-0.2, -0.15) is 4.99 Å². The molecule has 3 N–H and O–H groups in total. The summed E-state index contributed by atoms with van der Waals surface area (Å²) in [4.78, 5) is 5.80. The van der Waals surface area contributed by atoms with Crippen LogP contribution in [0.5, 0.6) is 0 Å². The Bertz CT molecular complexity index is 480. The molecular weight excluding hydrogens is 259 g/mol. The van der Waals surface area contributed by atoms with Crippen molar-refractivity contribution in [2.45, 2.75) is 19.3 Å². The molecule has 1 aliphatic heterocycles. The van der Waals surface area contributed by atoms with Gasteiger partial charge in [0, 0.05) is 19.5 Å². The van der Waals surface area contributed by atoms with Crippen LogP contribution in [0, 0.1) is 11.2 Å². The van der Waals surface area contributed by atoms with E-state index in [0.717, 1.165) is 31.5 Å². The van der Waals surface area contributed by atoms with Crippen molar-refractivity contribution in [3.63, 3.8) is 0 Å². The molecule has 0 aliphatic carbocycles. The lowest BCUT2D eigenvalue weighted by molar-refractivity contribution is 0.304. The fraction of sp³-hybridized carbons (Fsp3) is 0.429.